The third kappa shape index (κ3) is 36.6. The van der Waals surface area contributed by atoms with Crippen LogP contribution in [0.3, 0.4) is 0 Å². The van der Waals surface area contributed by atoms with E-state index in [1.165, 1.54) is 33.5 Å². The number of hydrogen-bond acceptors (Lipinski definition) is 6. The Morgan fingerprint density at radius 1 is 1.00 bits per heavy atom. The molecule has 0 atom stereocenters. The summed E-state index contributed by atoms with van der Waals surface area (Å²) >= 11 is 0. The molecule has 0 aliphatic carbocycles. The molecule has 0 spiro atoms. The van der Waals surface area contributed by atoms with Crippen molar-refractivity contribution in [2.45, 2.75) is 39.1 Å². The minimum Gasteiger partial charge on any atom is -0.870 e. The molecular formula is C9H24O6Ti-2. The topological polar surface area (TPSA) is 119 Å². The van der Waals surface area contributed by atoms with Crippen LogP contribution in [0, 0.1) is 0 Å². The average Bonchev–Trinajstić information content (AvgIpc) is 2.18. The van der Waals surface area contributed by atoms with Gasteiger partial charge in [-0.15, -0.1) is 0 Å². The van der Waals surface area contributed by atoms with Crippen LogP contribution in [0.5, 0.6) is 0 Å². The van der Waals surface area contributed by atoms with E-state index in [0.717, 1.165) is 6.42 Å². The van der Waals surface area contributed by atoms with Gasteiger partial charge >= 0.3 is 0 Å². The number of unbranched alkanes of at least 4 members (excludes halogenated alkanes) is 3. The van der Waals surface area contributed by atoms with Crippen LogP contribution in [-0.4, -0.2) is 48.5 Å². The second-order valence-corrected chi connectivity index (χ2v) is 2.56. The number of aliphatic hydroxyl groups excluding tert-OH is 2. The van der Waals surface area contributed by atoms with E-state index in [1.807, 2.05) is 0 Å². The Bertz CT molecular complexity index is 78.4. The van der Waals surface area contributed by atoms with E-state index in [0.29, 0.717) is 6.61 Å². The smallest absolute Gasteiger partial charge is 0.268 e. The molecule has 0 amide bonds. The van der Waals surface area contributed by atoms with Gasteiger partial charge < -0.3 is 30.6 Å². The van der Waals surface area contributed by atoms with Crippen molar-refractivity contribution in [3.63, 3.8) is 0 Å². The van der Waals surface area contributed by atoms with Gasteiger partial charge in [0, 0.05) is 42.5 Å². The Hall–Kier alpha value is 0.474. The fourth-order valence-electron chi connectivity index (χ4n) is 0.635. The van der Waals surface area contributed by atoms with Crippen molar-refractivity contribution < 1.29 is 52.4 Å². The van der Waals surface area contributed by atoms with Gasteiger partial charge in [-0.3, -0.25) is 0 Å². The minimum absolute atomic E-state index is 0. The standard InChI is InChI=1S/C6H14O.C3H8O3.2H2O.Ti/c1-2-3-4-5-6-7;1-5-3(4)6-2;;;/h7H,2-6H2,1H3;3-4H,1-2H3;2*1H2;/p-2. The van der Waals surface area contributed by atoms with Crippen molar-refractivity contribution in [1.82, 2.24) is 0 Å². The van der Waals surface area contributed by atoms with Crippen molar-refractivity contribution in [2.24, 2.45) is 0 Å². The zero-order valence-corrected chi connectivity index (χ0v) is 11.8. The average molecular weight is 276 g/mol. The second-order valence-electron chi connectivity index (χ2n) is 2.56. The summed E-state index contributed by atoms with van der Waals surface area (Å²) in [5, 5.41) is 16.5. The number of rotatable bonds is 6. The predicted octanol–water partition coefficient (Wildman–Crippen LogP) is 0.758. The monoisotopic (exact) mass is 276 g/mol. The van der Waals surface area contributed by atoms with Crippen molar-refractivity contribution in [3.8, 4) is 0 Å². The number of aliphatic hydroxyl groups is 2. The molecule has 0 saturated heterocycles. The van der Waals surface area contributed by atoms with Gasteiger partial charge in [-0.05, 0) is 6.42 Å². The first-order valence-corrected chi connectivity index (χ1v) is 4.57. The molecule has 0 aromatic carbocycles. The van der Waals surface area contributed by atoms with Crippen LogP contribution < -0.4 is 0 Å². The predicted molar refractivity (Wildman–Crippen MR) is 55.1 cm³/mol. The summed E-state index contributed by atoms with van der Waals surface area (Å²) in [5.74, 6) is 0. The van der Waals surface area contributed by atoms with E-state index in [9.17, 15) is 0 Å². The zero-order chi connectivity index (χ0) is 10.5. The quantitative estimate of drug-likeness (QED) is 0.420. The molecule has 0 fully saturated rings. The molecule has 0 heterocycles. The van der Waals surface area contributed by atoms with E-state index >= 15 is 0 Å². The molecule has 7 heteroatoms. The van der Waals surface area contributed by atoms with Crippen LogP contribution in [-0.2, 0) is 31.2 Å². The van der Waals surface area contributed by atoms with Crippen LogP contribution in [0.2, 0.25) is 0 Å². The van der Waals surface area contributed by atoms with Gasteiger partial charge in [0.2, 0.25) is 0 Å². The van der Waals surface area contributed by atoms with Crippen LogP contribution >= 0.6 is 0 Å². The van der Waals surface area contributed by atoms with Crippen LogP contribution in [0.4, 0.5) is 0 Å². The fraction of sp³-hybridized carbons (Fsp3) is 1.00. The molecule has 0 aromatic heterocycles. The van der Waals surface area contributed by atoms with E-state index in [2.05, 4.69) is 16.4 Å². The van der Waals surface area contributed by atoms with Crippen LogP contribution in [0.15, 0.2) is 0 Å². The summed E-state index contributed by atoms with van der Waals surface area (Å²) in [6.07, 6.45) is 4.68. The molecule has 0 unspecified atom stereocenters. The van der Waals surface area contributed by atoms with E-state index in [-0.39, 0.29) is 32.7 Å². The summed E-state index contributed by atoms with van der Waals surface area (Å²) < 4.78 is 8.47. The molecule has 0 radical (unpaired) electrons. The summed E-state index contributed by atoms with van der Waals surface area (Å²) in [4.78, 5) is 0. The van der Waals surface area contributed by atoms with E-state index in [4.69, 9.17) is 10.2 Å². The number of hydrogen-bond donors (Lipinski definition) is 2. The normalized spacial score (nSPS) is 7.88. The van der Waals surface area contributed by atoms with Crippen molar-refractivity contribution in [1.29, 1.82) is 0 Å². The van der Waals surface area contributed by atoms with E-state index in [1.54, 1.807) is 0 Å². The first kappa shape index (κ1) is 30.0. The number of methoxy groups -OCH3 is 2. The van der Waals surface area contributed by atoms with Gasteiger partial charge in [0.05, 0.1) is 0 Å². The van der Waals surface area contributed by atoms with E-state index < -0.39 is 6.48 Å². The molecule has 0 bridgehead atoms. The first-order valence-electron chi connectivity index (χ1n) is 4.57. The molecule has 0 aliphatic heterocycles. The third-order valence-electron chi connectivity index (χ3n) is 1.41. The Kier molecular flexibility index (Phi) is 55.3. The molecule has 102 valence electrons. The maximum atomic E-state index is 8.29. The molecule has 6 nitrogen and oxygen atoms in total. The van der Waals surface area contributed by atoms with Crippen molar-refractivity contribution in [2.75, 3.05) is 20.8 Å². The molecule has 0 aliphatic rings. The van der Waals surface area contributed by atoms with Crippen LogP contribution in [0.25, 0.3) is 0 Å². The molecular weight excluding hydrogens is 252 g/mol. The number of ether oxygens (including phenoxy) is 2. The van der Waals surface area contributed by atoms with Gasteiger partial charge in [0.25, 0.3) is 6.48 Å². The molecule has 4 N–H and O–H groups in total. The SMILES string of the molecule is CCCCCCO.COC(O)OC.[OH-].[OH-].[Ti]. The Morgan fingerprint density at radius 3 is 1.62 bits per heavy atom. The summed E-state index contributed by atoms with van der Waals surface area (Å²) in [6, 6.07) is 0. The largest absolute Gasteiger partial charge is 0.870 e. The van der Waals surface area contributed by atoms with Gasteiger partial charge in [-0.1, -0.05) is 26.2 Å². The summed E-state index contributed by atoms with van der Waals surface area (Å²) in [6.45, 7) is 1.46. The van der Waals surface area contributed by atoms with Gasteiger partial charge in [-0.2, -0.15) is 0 Å². The summed E-state index contributed by atoms with van der Waals surface area (Å²) in [5.41, 5.74) is 0. The Labute approximate surface area is 112 Å². The molecule has 0 rings (SSSR count). The van der Waals surface area contributed by atoms with Crippen molar-refractivity contribution in [3.05, 3.63) is 0 Å². The second kappa shape index (κ2) is 29.5. The minimum atomic E-state index is -1.06. The first-order chi connectivity index (χ1) is 6.22. The maximum Gasteiger partial charge on any atom is 0.268 e. The Morgan fingerprint density at radius 2 is 1.44 bits per heavy atom. The van der Waals surface area contributed by atoms with Crippen molar-refractivity contribution >= 4 is 0 Å². The van der Waals surface area contributed by atoms with Gasteiger partial charge in [0.1, 0.15) is 0 Å². The van der Waals surface area contributed by atoms with Gasteiger partial charge in [-0.25, -0.2) is 0 Å². The third-order valence-corrected chi connectivity index (χ3v) is 1.41. The Balaban J connectivity index is -0.0000000428. The maximum absolute atomic E-state index is 8.29. The zero-order valence-electron chi connectivity index (χ0n) is 10.2. The molecule has 16 heavy (non-hydrogen) atoms. The molecule has 0 aromatic rings. The fourth-order valence-corrected chi connectivity index (χ4v) is 0.635. The summed E-state index contributed by atoms with van der Waals surface area (Å²) in [7, 11) is 2.71. The van der Waals surface area contributed by atoms with Gasteiger partial charge in [0.15, 0.2) is 0 Å². The molecule has 0 saturated carbocycles. The van der Waals surface area contributed by atoms with Crippen LogP contribution in [0.1, 0.15) is 32.6 Å².